The Bertz CT molecular complexity index is 1160. The third-order valence-electron chi connectivity index (χ3n) is 5.08. The Hall–Kier alpha value is -3.19. The molecule has 3 rings (SSSR count). The number of hydrogen-bond donors (Lipinski definition) is 1. The van der Waals surface area contributed by atoms with Crippen molar-refractivity contribution in [1.82, 2.24) is 9.88 Å². The molecule has 3 aromatic rings. The first kappa shape index (κ1) is 21.5. The van der Waals surface area contributed by atoms with Crippen LogP contribution in [0, 0.1) is 13.8 Å². The molecule has 7 heteroatoms. The maximum absolute atomic E-state index is 13.0. The van der Waals surface area contributed by atoms with Crippen molar-refractivity contribution in [2.24, 2.45) is 0 Å². The number of benzene rings is 2. The van der Waals surface area contributed by atoms with E-state index in [0.29, 0.717) is 16.8 Å². The maximum atomic E-state index is 13.0. The van der Waals surface area contributed by atoms with Crippen LogP contribution >= 0.6 is 0 Å². The van der Waals surface area contributed by atoms with Crippen molar-refractivity contribution in [1.29, 1.82) is 0 Å². The third kappa shape index (κ3) is 4.68. The second kappa shape index (κ2) is 8.67. The molecule has 1 N–H and O–H groups in total. The summed E-state index contributed by atoms with van der Waals surface area (Å²) >= 11 is 0. The van der Waals surface area contributed by atoms with Gasteiger partial charge in [0.05, 0.1) is 10.9 Å². The zero-order chi connectivity index (χ0) is 21.9. The van der Waals surface area contributed by atoms with E-state index >= 15 is 0 Å². The van der Waals surface area contributed by atoms with Crippen LogP contribution in [0.25, 0.3) is 0 Å². The molecule has 0 fully saturated rings. The molecule has 0 saturated heterocycles. The molecule has 0 radical (unpaired) electrons. The third-order valence-corrected chi connectivity index (χ3v) is 6.61. The fraction of sp³-hybridized carbons (Fsp3) is 0.217. The number of pyridine rings is 1. The SMILES string of the molecule is Cc1ccc(C)c(S(=O)(=O)Nc2cccc(C(=O)N(C)C(C)c3ccncc3)c2)c1. The number of nitrogens with zero attached hydrogens (tertiary/aromatic N) is 2. The number of hydrogen-bond acceptors (Lipinski definition) is 4. The minimum absolute atomic E-state index is 0.157. The molecule has 0 aliphatic heterocycles. The van der Waals surface area contributed by atoms with Gasteiger partial charge in [0.1, 0.15) is 0 Å². The molecule has 6 nitrogen and oxygen atoms in total. The van der Waals surface area contributed by atoms with Crippen LogP contribution in [0.15, 0.2) is 71.9 Å². The summed E-state index contributed by atoms with van der Waals surface area (Å²) in [6, 6.07) is 15.4. The number of anilines is 1. The van der Waals surface area contributed by atoms with E-state index in [9.17, 15) is 13.2 Å². The number of rotatable bonds is 6. The highest BCUT2D eigenvalue weighted by Crippen LogP contribution is 2.24. The fourth-order valence-electron chi connectivity index (χ4n) is 3.17. The van der Waals surface area contributed by atoms with E-state index in [1.807, 2.05) is 32.0 Å². The van der Waals surface area contributed by atoms with Crippen molar-refractivity contribution in [2.75, 3.05) is 11.8 Å². The fourth-order valence-corrected chi connectivity index (χ4v) is 4.55. The smallest absolute Gasteiger partial charge is 0.262 e. The Morgan fingerprint density at radius 3 is 2.43 bits per heavy atom. The summed E-state index contributed by atoms with van der Waals surface area (Å²) in [4.78, 5) is 18.8. The van der Waals surface area contributed by atoms with Gasteiger partial charge in [0.2, 0.25) is 0 Å². The molecule has 0 aliphatic carbocycles. The van der Waals surface area contributed by atoms with Gasteiger partial charge in [-0.2, -0.15) is 0 Å². The second-order valence-corrected chi connectivity index (χ2v) is 8.98. The van der Waals surface area contributed by atoms with Crippen LogP contribution in [0.1, 0.15) is 40.0 Å². The van der Waals surface area contributed by atoms with E-state index in [1.165, 1.54) is 0 Å². The summed E-state index contributed by atoms with van der Waals surface area (Å²) in [5, 5.41) is 0. The standard InChI is InChI=1S/C23H25N3O3S/c1-16-8-9-17(2)22(14-16)30(28,29)25-21-7-5-6-20(15-21)23(27)26(4)18(3)19-10-12-24-13-11-19/h5-15,18,25H,1-4H3. The molecule has 30 heavy (non-hydrogen) atoms. The van der Waals surface area contributed by atoms with Gasteiger partial charge in [-0.25, -0.2) is 8.42 Å². The molecule has 0 bridgehead atoms. The Morgan fingerprint density at radius 1 is 1.03 bits per heavy atom. The minimum Gasteiger partial charge on any atom is -0.335 e. The molecule has 1 heterocycles. The maximum Gasteiger partial charge on any atom is 0.262 e. The van der Waals surface area contributed by atoms with Gasteiger partial charge >= 0.3 is 0 Å². The number of aryl methyl sites for hydroxylation is 2. The van der Waals surface area contributed by atoms with Gasteiger partial charge in [0.15, 0.2) is 0 Å². The monoisotopic (exact) mass is 423 g/mol. The van der Waals surface area contributed by atoms with E-state index in [-0.39, 0.29) is 16.8 Å². The van der Waals surface area contributed by atoms with E-state index in [0.717, 1.165) is 11.1 Å². The predicted octanol–water partition coefficient (Wildman–Crippen LogP) is 4.33. The summed E-state index contributed by atoms with van der Waals surface area (Å²) in [7, 11) is -2.05. The van der Waals surface area contributed by atoms with E-state index < -0.39 is 10.0 Å². The van der Waals surface area contributed by atoms with Crippen molar-refractivity contribution in [3.05, 3.63) is 89.2 Å². The van der Waals surface area contributed by atoms with Crippen molar-refractivity contribution < 1.29 is 13.2 Å². The van der Waals surface area contributed by atoms with Crippen LogP contribution in [-0.4, -0.2) is 31.3 Å². The molecule has 1 atom stereocenters. The van der Waals surface area contributed by atoms with E-state index in [1.54, 1.807) is 67.7 Å². The molecule has 0 saturated carbocycles. The van der Waals surface area contributed by atoms with Gasteiger partial charge in [0, 0.05) is 30.7 Å². The molecule has 0 spiro atoms. The van der Waals surface area contributed by atoms with Crippen LogP contribution in [0.2, 0.25) is 0 Å². The first-order valence-corrected chi connectivity index (χ1v) is 11.0. The summed E-state index contributed by atoms with van der Waals surface area (Å²) in [5.41, 5.74) is 3.22. The van der Waals surface area contributed by atoms with Gasteiger partial charge in [-0.15, -0.1) is 0 Å². The Labute approximate surface area is 177 Å². The summed E-state index contributed by atoms with van der Waals surface area (Å²) < 4.78 is 28.3. The molecular weight excluding hydrogens is 398 g/mol. The van der Waals surface area contributed by atoms with Gasteiger partial charge in [-0.1, -0.05) is 18.2 Å². The first-order chi connectivity index (χ1) is 14.2. The lowest BCUT2D eigenvalue weighted by Crippen LogP contribution is -2.29. The van der Waals surface area contributed by atoms with Crippen molar-refractivity contribution in [3.63, 3.8) is 0 Å². The van der Waals surface area contributed by atoms with Crippen LogP contribution in [0.5, 0.6) is 0 Å². The number of amides is 1. The Balaban J connectivity index is 1.84. The quantitative estimate of drug-likeness (QED) is 0.640. The van der Waals surface area contributed by atoms with Gasteiger partial charge in [-0.3, -0.25) is 14.5 Å². The summed E-state index contributed by atoms with van der Waals surface area (Å²) in [6.07, 6.45) is 3.37. The highest BCUT2D eigenvalue weighted by molar-refractivity contribution is 7.92. The summed E-state index contributed by atoms with van der Waals surface area (Å²) in [5.74, 6) is -0.202. The van der Waals surface area contributed by atoms with Crippen molar-refractivity contribution in [2.45, 2.75) is 31.7 Å². The number of carbonyl (C=O) groups is 1. The number of sulfonamides is 1. The topological polar surface area (TPSA) is 79.4 Å². The number of aromatic nitrogens is 1. The largest absolute Gasteiger partial charge is 0.335 e. The predicted molar refractivity (Wildman–Crippen MR) is 118 cm³/mol. The van der Waals surface area contributed by atoms with Crippen LogP contribution in [0.3, 0.4) is 0 Å². The van der Waals surface area contributed by atoms with E-state index in [4.69, 9.17) is 0 Å². The van der Waals surface area contributed by atoms with Gasteiger partial charge in [0.25, 0.3) is 15.9 Å². The molecule has 1 unspecified atom stereocenters. The molecule has 2 aromatic carbocycles. The number of nitrogens with one attached hydrogen (secondary N) is 1. The number of carbonyl (C=O) groups excluding carboxylic acids is 1. The van der Waals surface area contributed by atoms with Crippen LogP contribution in [-0.2, 0) is 10.0 Å². The average Bonchev–Trinajstić information content (AvgIpc) is 2.74. The van der Waals surface area contributed by atoms with E-state index in [2.05, 4.69) is 9.71 Å². The zero-order valence-corrected chi connectivity index (χ0v) is 18.3. The lowest BCUT2D eigenvalue weighted by Gasteiger charge is -2.25. The first-order valence-electron chi connectivity index (χ1n) is 9.56. The molecule has 0 aliphatic rings. The van der Waals surface area contributed by atoms with Gasteiger partial charge in [-0.05, 0) is 73.9 Å². The molecule has 156 valence electrons. The lowest BCUT2D eigenvalue weighted by molar-refractivity contribution is 0.0742. The molecular formula is C23H25N3O3S. The Kier molecular flexibility index (Phi) is 6.22. The zero-order valence-electron chi connectivity index (χ0n) is 17.5. The Morgan fingerprint density at radius 2 is 1.73 bits per heavy atom. The minimum atomic E-state index is -3.77. The highest BCUT2D eigenvalue weighted by atomic mass is 32.2. The van der Waals surface area contributed by atoms with Crippen molar-refractivity contribution in [3.8, 4) is 0 Å². The van der Waals surface area contributed by atoms with Crippen molar-refractivity contribution >= 4 is 21.6 Å². The second-order valence-electron chi connectivity index (χ2n) is 7.33. The van der Waals surface area contributed by atoms with Crippen LogP contribution in [0.4, 0.5) is 5.69 Å². The van der Waals surface area contributed by atoms with Crippen LogP contribution < -0.4 is 4.72 Å². The molecule has 1 amide bonds. The normalized spacial score (nSPS) is 12.3. The lowest BCUT2D eigenvalue weighted by atomic mass is 10.1. The summed E-state index contributed by atoms with van der Waals surface area (Å²) in [6.45, 7) is 5.53. The highest BCUT2D eigenvalue weighted by Gasteiger charge is 2.21. The average molecular weight is 424 g/mol. The van der Waals surface area contributed by atoms with Gasteiger partial charge < -0.3 is 4.90 Å². The molecule has 1 aromatic heterocycles.